The molecule has 0 saturated heterocycles. The lowest BCUT2D eigenvalue weighted by atomic mass is 10.1. The van der Waals surface area contributed by atoms with E-state index in [1.54, 1.807) is 36.7 Å². The maximum Gasteiger partial charge on any atom is 0.326 e. The molecule has 142 valence electrons. The number of fused-ring (bicyclic) bond motifs is 2. The van der Waals surface area contributed by atoms with Crippen molar-refractivity contribution in [3.63, 3.8) is 0 Å². The Bertz CT molecular complexity index is 1090. The van der Waals surface area contributed by atoms with Gasteiger partial charge in [-0.3, -0.25) is 9.59 Å². The number of aromatic nitrogens is 2. The van der Waals surface area contributed by atoms with E-state index >= 15 is 0 Å². The van der Waals surface area contributed by atoms with Crippen LogP contribution in [-0.2, 0) is 16.1 Å². The summed E-state index contributed by atoms with van der Waals surface area (Å²) >= 11 is 6.34. The van der Waals surface area contributed by atoms with E-state index in [0.29, 0.717) is 32.6 Å². The highest BCUT2D eigenvalue weighted by molar-refractivity contribution is 6.34. The Hall–Kier alpha value is -2.60. The summed E-state index contributed by atoms with van der Waals surface area (Å²) in [6.07, 6.45) is 0. The molecule has 0 radical (unpaired) electrons. The zero-order chi connectivity index (χ0) is 19.7. The van der Waals surface area contributed by atoms with Crippen molar-refractivity contribution in [1.29, 1.82) is 0 Å². The molecule has 2 aromatic heterocycles. The van der Waals surface area contributed by atoms with Crippen LogP contribution in [0, 0.1) is 0 Å². The maximum absolute atomic E-state index is 13.1. The number of anilines is 1. The quantitative estimate of drug-likeness (QED) is 0.530. The third-order valence-corrected chi connectivity index (χ3v) is 4.79. The third kappa shape index (κ3) is 3.37. The average molecular weight is 388 g/mol. The highest BCUT2D eigenvalue weighted by atomic mass is 35.5. The van der Waals surface area contributed by atoms with Crippen LogP contribution in [0.2, 0.25) is 5.02 Å². The van der Waals surface area contributed by atoms with Crippen molar-refractivity contribution in [3.8, 4) is 0 Å². The van der Waals surface area contributed by atoms with Gasteiger partial charge in [0.1, 0.15) is 12.2 Å². The Balaban J connectivity index is 2.49. The molecule has 1 aromatic carbocycles. The topological polar surface area (TPSA) is 73.2 Å². The second-order valence-corrected chi connectivity index (χ2v) is 6.96. The number of rotatable bonds is 5. The van der Waals surface area contributed by atoms with Crippen LogP contribution < -0.4 is 10.7 Å². The highest BCUT2D eigenvalue weighted by Gasteiger charge is 2.19. The van der Waals surface area contributed by atoms with Gasteiger partial charge in [0.15, 0.2) is 5.43 Å². The summed E-state index contributed by atoms with van der Waals surface area (Å²) < 4.78 is 6.85. The number of ether oxygens (including phenoxy) is 1. The van der Waals surface area contributed by atoms with E-state index in [4.69, 9.17) is 16.3 Å². The van der Waals surface area contributed by atoms with E-state index in [1.165, 1.54) is 0 Å². The standard InChI is InChI=1S/C20H22ClN3O3/c1-5-27-16(25)10-24-18-12(6-8-14(21)17(18)22-4)19(26)13-7-9-15(11(2)3)23-20(13)24/h6-9,11,22H,5,10H2,1-4H3. The lowest BCUT2D eigenvalue weighted by Crippen LogP contribution is -2.20. The van der Waals surface area contributed by atoms with Gasteiger partial charge in [0, 0.05) is 18.1 Å². The molecule has 0 atom stereocenters. The second-order valence-electron chi connectivity index (χ2n) is 6.55. The molecule has 27 heavy (non-hydrogen) atoms. The molecule has 7 heteroatoms. The predicted molar refractivity (Wildman–Crippen MR) is 109 cm³/mol. The normalized spacial score (nSPS) is 11.3. The number of halogens is 1. The van der Waals surface area contributed by atoms with Gasteiger partial charge in [0.25, 0.3) is 0 Å². The van der Waals surface area contributed by atoms with E-state index in [0.717, 1.165) is 5.69 Å². The fourth-order valence-corrected chi connectivity index (χ4v) is 3.42. The molecule has 1 N–H and O–H groups in total. The first-order valence-electron chi connectivity index (χ1n) is 8.88. The molecule has 0 saturated carbocycles. The summed E-state index contributed by atoms with van der Waals surface area (Å²) in [4.78, 5) is 30.0. The van der Waals surface area contributed by atoms with Crippen molar-refractivity contribution in [2.45, 2.75) is 33.2 Å². The molecule has 0 unspecified atom stereocenters. The lowest BCUT2D eigenvalue weighted by Gasteiger charge is -2.18. The minimum atomic E-state index is -0.400. The van der Waals surface area contributed by atoms with Crippen molar-refractivity contribution < 1.29 is 9.53 Å². The molecule has 0 amide bonds. The van der Waals surface area contributed by atoms with E-state index in [1.807, 2.05) is 19.9 Å². The van der Waals surface area contributed by atoms with Crippen LogP contribution in [0.1, 0.15) is 32.4 Å². The SMILES string of the molecule is CCOC(=O)Cn1c2nc(C(C)C)ccc2c(=O)c2ccc(Cl)c(NC)c21. The summed E-state index contributed by atoms with van der Waals surface area (Å²) in [6.45, 7) is 6.02. The molecule has 3 aromatic rings. The predicted octanol–water partition coefficient (Wildman–Crippen LogP) is 3.93. The van der Waals surface area contributed by atoms with Crippen LogP contribution in [-0.4, -0.2) is 29.2 Å². The van der Waals surface area contributed by atoms with Crippen LogP contribution in [0.15, 0.2) is 29.1 Å². The van der Waals surface area contributed by atoms with Gasteiger partial charge < -0.3 is 14.6 Å². The molecule has 0 aliphatic carbocycles. The molecule has 6 nitrogen and oxygen atoms in total. The Kier molecular flexibility index (Phi) is 5.37. The van der Waals surface area contributed by atoms with Crippen molar-refractivity contribution in [3.05, 3.63) is 45.2 Å². The van der Waals surface area contributed by atoms with Crippen LogP contribution in [0.25, 0.3) is 21.9 Å². The van der Waals surface area contributed by atoms with Crippen LogP contribution in [0.4, 0.5) is 5.69 Å². The molecule has 0 bridgehead atoms. The number of hydrogen-bond acceptors (Lipinski definition) is 5. The van der Waals surface area contributed by atoms with E-state index in [9.17, 15) is 9.59 Å². The van der Waals surface area contributed by atoms with Gasteiger partial charge in [0.2, 0.25) is 0 Å². The Labute approximate surface area is 162 Å². The monoisotopic (exact) mass is 387 g/mol. The first-order chi connectivity index (χ1) is 12.9. The number of carbonyl (C=O) groups excluding carboxylic acids is 1. The first kappa shape index (κ1) is 19.2. The second kappa shape index (κ2) is 7.56. The molecule has 0 spiro atoms. The first-order valence-corrected chi connectivity index (χ1v) is 9.25. The lowest BCUT2D eigenvalue weighted by molar-refractivity contribution is -0.143. The van der Waals surface area contributed by atoms with Crippen LogP contribution in [0.3, 0.4) is 0 Å². The van der Waals surface area contributed by atoms with Gasteiger partial charge in [-0.25, -0.2) is 4.98 Å². The van der Waals surface area contributed by atoms with Gasteiger partial charge in [-0.15, -0.1) is 0 Å². The summed E-state index contributed by atoms with van der Waals surface area (Å²) in [7, 11) is 1.72. The molecule has 3 rings (SSSR count). The van der Waals surface area contributed by atoms with Gasteiger partial charge in [-0.2, -0.15) is 0 Å². The summed E-state index contributed by atoms with van der Waals surface area (Å²) in [5, 5.41) is 4.43. The maximum atomic E-state index is 13.1. The number of pyridine rings is 2. The number of esters is 1. The summed E-state index contributed by atoms with van der Waals surface area (Å²) in [5.74, 6) is -0.220. The summed E-state index contributed by atoms with van der Waals surface area (Å²) in [6, 6.07) is 6.98. The van der Waals surface area contributed by atoms with Gasteiger partial charge in [0.05, 0.1) is 28.2 Å². The summed E-state index contributed by atoms with van der Waals surface area (Å²) in [5.41, 5.74) is 2.27. The van der Waals surface area contributed by atoms with Gasteiger partial charge >= 0.3 is 5.97 Å². The highest BCUT2D eigenvalue weighted by Crippen LogP contribution is 2.32. The zero-order valence-corrected chi connectivity index (χ0v) is 16.6. The Morgan fingerprint density at radius 2 is 1.96 bits per heavy atom. The largest absolute Gasteiger partial charge is 0.465 e. The third-order valence-electron chi connectivity index (χ3n) is 4.47. The molecular weight excluding hydrogens is 366 g/mol. The minimum absolute atomic E-state index is 0.0648. The number of nitrogens with one attached hydrogen (secondary N) is 1. The zero-order valence-electron chi connectivity index (χ0n) is 15.8. The molecule has 0 aliphatic heterocycles. The Morgan fingerprint density at radius 3 is 2.59 bits per heavy atom. The number of benzene rings is 1. The average Bonchev–Trinajstić information content (AvgIpc) is 2.64. The number of nitrogens with zero attached hydrogens (tertiary/aromatic N) is 2. The fraction of sp³-hybridized carbons (Fsp3) is 0.350. The van der Waals surface area contributed by atoms with Crippen LogP contribution >= 0.6 is 11.6 Å². The number of carbonyl (C=O) groups is 1. The van der Waals surface area contributed by atoms with Crippen molar-refractivity contribution >= 4 is 45.2 Å². The molecule has 0 aliphatic rings. The van der Waals surface area contributed by atoms with Crippen molar-refractivity contribution in [1.82, 2.24) is 9.55 Å². The van der Waals surface area contributed by atoms with Crippen molar-refractivity contribution in [2.75, 3.05) is 19.0 Å². The smallest absolute Gasteiger partial charge is 0.326 e. The van der Waals surface area contributed by atoms with E-state index in [2.05, 4.69) is 10.3 Å². The molecular formula is C20H22ClN3O3. The fourth-order valence-electron chi connectivity index (χ4n) is 3.18. The van der Waals surface area contributed by atoms with Gasteiger partial charge in [-0.1, -0.05) is 25.4 Å². The number of hydrogen-bond donors (Lipinski definition) is 1. The Morgan fingerprint density at radius 1 is 1.26 bits per heavy atom. The van der Waals surface area contributed by atoms with E-state index in [-0.39, 0.29) is 24.5 Å². The van der Waals surface area contributed by atoms with E-state index < -0.39 is 5.97 Å². The minimum Gasteiger partial charge on any atom is -0.465 e. The van der Waals surface area contributed by atoms with Crippen LogP contribution in [0.5, 0.6) is 0 Å². The molecule has 2 heterocycles. The van der Waals surface area contributed by atoms with Gasteiger partial charge in [-0.05, 0) is 37.1 Å². The van der Waals surface area contributed by atoms with Crippen molar-refractivity contribution in [2.24, 2.45) is 0 Å². The molecule has 0 fully saturated rings.